The largest absolute Gasteiger partial charge is 0.497 e. The molecule has 0 aromatic heterocycles. The quantitative estimate of drug-likeness (QED) is 0.627. The van der Waals surface area contributed by atoms with Gasteiger partial charge in [-0.25, -0.2) is 0 Å². The maximum absolute atomic E-state index is 12.7. The summed E-state index contributed by atoms with van der Waals surface area (Å²) in [6.45, 7) is 3.54. The van der Waals surface area contributed by atoms with Crippen molar-refractivity contribution in [1.82, 2.24) is 10.2 Å². The number of nitrogens with zero attached hydrogens (tertiary/aromatic N) is 1. The molecule has 0 saturated carbocycles. The van der Waals surface area contributed by atoms with E-state index in [2.05, 4.69) is 17.3 Å². The van der Waals surface area contributed by atoms with E-state index in [1.54, 1.807) is 32.4 Å². The maximum Gasteiger partial charge on any atom is 0.255 e. The van der Waals surface area contributed by atoms with E-state index in [1.165, 1.54) is 0 Å². The lowest BCUT2D eigenvalue weighted by molar-refractivity contribution is 0.0392. The molecule has 0 radical (unpaired) electrons. The van der Waals surface area contributed by atoms with Gasteiger partial charge in [-0.2, -0.15) is 0 Å². The molecule has 0 aliphatic carbocycles. The minimum absolute atomic E-state index is 0.222. The zero-order chi connectivity index (χ0) is 22.1. The molecular formula is C24H32N2O5. The lowest BCUT2D eigenvalue weighted by atomic mass is 10.1. The molecule has 0 atom stereocenters. The molecule has 0 bridgehead atoms. The Morgan fingerprint density at radius 1 is 1.10 bits per heavy atom. The molecule has 1 heterocycles. The van der Waals surface area contributed by atoms with E-state index in [0.29, 0.717) is 36.3 Å². The van der Waals surface area contributed by atoms with E-state index in [9.17, 15) is 4.79 Å². The minimum atomic E-state index is -0.222. The molecule has 0 spiro atoms. The first-order valence-electron chi connectivity index (χ1n) is 10.6. The van der Waals surface area contributed by atoms with Crippen LogP contribution in [0.5, 0.6) is 17.2 Å². The van der Waals surface area contributed by atoms with Crippen LogP contribution >= 0.6 is 0 Å². The molecule has 1 fully saturated rings. The summed E-state index contributed by atoms with van der Waals surface area (Å²) in [7, 11) is 5.24. The highest BCUT2D eigenvalue weighted by atomic mass is 16.5. The van der Waals surface area contributed by atoms with Crippen molar-refractivity contribution >= 4 is 5.91 Å². The van der Waals surface area contributed by atoms with E-state index < -0.39 is 0 Å². The standard InChI is InChI=1S/C24H32N2O5/c1-26(19-9-12-30-13-10-19)11-14-31-21-6-4-5-18(15-21)17-25-24(27)22-16-20(28-2)7-8-23(22)29-3/h4-8,15-16,19H,9-14,17H2,1-3H3,(H,25,27). The Hall–Kier alpha value is -2.77. The Labute approximate surface area is 184 Å². The smallest absolute Gasteiger partial charge is 0.255 e. The van der Waals surface area contributed by atoms with Crippen molar-refractivity contribution in [1.29, 1.82) is 0 Å². The van der Waals surface area contributed by atoms with Gasteiger partial charge in [0.15, 0.2) is 0 Å². The van der Waals surface area contributed by atoms with Crippen LogP contribution in [0, 0.1) is 0 Å². The van der Waals surface area contributed by atoms with Crippen LogP contribution in [0.25, 0.3) is 0 Å². The fraction of sp³-hybridized carbons (Fsp3) is 0.458. The van der Waals surface area contributed by atoms with Crippen LogP contribution in [0.1, 0.15) is 28.8 Å². The van der Waals surface area contributed by atoms with Crippen LogP contribution in [0.3, 0.4) is 0 Å². The van der Waals surface area contributed by atoms with Crippen LogP contribution in [-0.4, -0.2) is 64.5 Å². The van der Waals surface area contributed by atoms with Gasteiger partial charge < -0.3 is 24.3 Å². The number of benzene rings is 2. The van der Waals surface area contributed by atoms with Crippen LogP contribution in [0.4, 0.5) is 0 Å². The van der Waals surface area contributed by atoms with Crippen molar-refractivity contribution in [2.24, 2.45) is 0 Å². The highest BCUT2D eigenvalue weighted by molar-refractivity contribution is 5.97. The number of likely N-dealkylation sites (N-methyl/N-ethyl adjacent to an activating group) is 1. The van der Waals surface area contributed by atoms with Crippen LogP contribution in [0.15, 0.2) is 42.5 Å². The normalized spacial score (nSPS) is 14.3. The predicted octanol–water partition coefficient (Wildman–Crippen LogP) is 3.12. The Morgan fingerprint density at radius 2 is 1.90 bits per heavy atom. The second-order valence-electron chi connectivity index (χ2n) is 7.57. The van der Waals surface area contributed by atoms with Gasteiger partial charge >= 0.3 is 0 Å². The number of carbonyl (C=O) groups is 1. The van der Waals surface area contributed by atoms with E-state index in [1.807, 2.05) is 24.3 Å². The monoisotopic (exact) mass is 428 g/mol. The summed E-state index contributed by atoms with van der Waals surface area (Å²) in [4.78, 5) is 15.0. The fourth-order valence-electron chi connectivity index (χ4n) is 3.63. The lowest BCUT2D eigenvalue weighted by Crippen LogP contribution is -2.38. The third-order valence-electron chi connectivity index (χ3n) is 5.53. The fourth-order valence-corrected chi connectivity index (χ4v) is 3.63. The van der Waals surface area contributed by atoms with Gasteiger partial charge in [-0.1, -0.05) is 12.1 Å². The van der Waals surface area contributed by atoms with Crippen LogP contribution in [0.2, 0.25) is 0 Å². The molecule has 1 amide bonds. The minimum Gasteiger partial charge on any atom is -0.497 e. The van der Waals surface area contributed by atoms with E-state index in [0.717, 1.165) is 43.9 Å². The highest BCUT2D eigenvalue weighted by Gasteiger charge is 2.18. The topological polar surface area (TPSA) is 69.3 Å². The zero-order valence-electron chi connectivity index (χ0n) is 18.6. The number of hydrogen-bond acceptors (Lipinski definition) is 6. The third kappa shape index (κ3) is 6.60. The molecule has 1 aliphatic rings. The summed E-state index contributed by atoms with van der Waals surface area (Å²) in [6, 6.07) is 13.5. The molecule has 1 saturated heterocycles. The summed E-state index contributed by atoms with van der Waals surface area (Å²) in [6.07, 6.45) is 2.15. The van der Waals surface area contributed by atoms with Gasteiger partial charge in [0, 0.05) is 32.3 Å². The zero-order valence-corrected chi connectivity index (χ0v) is 18.6. The number of hydrogen-bond donors (Lipinski definition) is 1. The Kier molecular flexibility index (Phi) is 8.55. The molecule has 7 nitrogen and oxygen atoms in total. The lowest BCUT2D eigenvalue weighted by Gasteiger charge is -2.31. The van der Waals surface area contributed by atoms with Gasteiger partial charge in [-0.15, -0.1) is 0 Å². The molecule has 168 valence electrons. The molecule has 31 heavy (non-hydrogen) atoms. The van der Waals surface area contributed by atoms with Crippen LogP contribution < -0.4 is 19.5 Å². The third-order valence-corrected chi connectivity index (χ3v) is 5.53. The second-order valence-corrected chi connectivity index (χ2v) is 7.57. The number of methoxy groups -OCH3 is 2. The number of nitrogens with one attached hydrogen (secondary N) is 1. The van der Waals surface area contributed by atoms with Crippen molar-refractivity contribution in [2.45, 2.75) is 25.4 Å². The molecule has 7 heteroatoms. The molecule has 0 unspecified atom stereocenters. The molecule has 3 rings (SSSR count). The summed E-state index contributed by atoms with van der Waals surface area (Å²) >= 11 is 0. The molecular weight excluding hydrogens is 396 g/mol. The van der Waals surface area contributed by atoms with E-state index in [4.69, 9.17) is 18.9 Å². The van der Waals surface area contributed by atoms with Crippen molar-refractivity contribution in [3.8, 4) is 17.2 Å². The Bertz CT molecular complexity index is 852. The highest BCUT2D eigenvalue weighted by Crippen LogP contribution is 2.24. The van der Waals surface area contributed by atoms with Crippen molar-refractivity contribution in [2.75, 3.05) is 47.6 Å². The first kappa shape index (κ1) is 22.9. The van der Waals surface area contributed by atoms with Crippen molar-refractivity contribution < 1.29 is 23.7 Å². The summed E-state index contributed by atoms with van der Waals surface area (Å²) in [5, 5.41) is 2.94. The number of carbonyl (C=O) groups excluding carboxylic acids is 1. The van der Waals surface area contributed by atoms with Gasteiger partial charge in [0.05, 0.1) is 19.8 Å². The molecule has 2 aromatic rings. The van der Waals surface area contributed by atoms with Gasteiger partial charge in [0.25, 0.3) is 5.91 Å². The van der Waals surface area contributed by atoms with Gasteiger partial charge in [0.2, 0.25) is 0 Å². The average molecular weight is 429 g/mol. The van der Waals surface area contributed by atoms with Crippen LogP contribution in [-0.2, 0) is 11.3 Å². The predicted molar refractivity (Wildman–Crippen MR) is 119 cm³/mol. The van der Waals surface area contributed by atoms with Gasteiger partial charge in [0.1, 0.15) is 23.9 Å². The first-order valence-corrected chi connectivity index (χ1v) is 10.6. The average Bonchev–Trinajstić information content (AvgIpc) is 2.82. The van der Waals surface area contributed by atoms with Crippen molar-refractivity contribution in [3.63, 3.8) is 0 Å². The Balaban J connectivity index is 1.50. The molecule has 2 aromatic carbocycles. The van der Waals surface area contributed by atoms with Gasteiger partial charge in [-0.3, -0.25) is 9.69 Å². The number of amides is 1. The summed E-state index contributed by atoms with van der Waals surface area (Å²) in [5.74, 6) is 1.68. The molecule has 1 aliphatic heterocycles. The second kappa shape index (κ2) is 11.6. The van der Waals surface area contributed by atoms with E-state index >= 15 is 0 Å². The number of rotatable bonds is 10. The molecule has 1 N–H and O–H groups in total. The summed E-state index contributed by atoms with van der Waals surface area (Å²) < 4.78 is 21.9. The first-order chi connectivity index (χ1) is 15.1. The Morgan fingerprint density at radius 3 is 2.65 bits per heavy atom. The number of ether oxygens (including phenoxy) is 4. The maximum atomic E-state index is 12.7. The van der Waals surface area contributed by atoms with E-state index in [-0.39, 0.29) is 5.91 Å². The van der Waals surface area contributed by atoms with Crippen molar-refractivity contribution in [3.05, 3.63) is 53.6 Å². The SMILES string of the molecule is COc1ccc(OC)c(C(=O)NCc2cccc(OCCN(C)C3CCOCC3)c2)c1. The van der Waals surface area contributed by atoms with Gasteiger partial charge in [-0.05, 0) is 55.8 Å². The summed E-state index contributed by atoms with van der Waals surface area (Å²) in [5.41, 5.74) is 1.40.